The van der Waals surface area contributed by atoms with Gasteiger partial charge in [0.2, 0.25) is 5.91 Å². The number of fused-ring (bicyclic) bond motifs is 1. The molecule has 1 heterocycles. The first-order chi connectivity index (χ1) is 11.5. The van der Waals surface area contributed by atoms with Crippen molar-refractivity contribution in [3.05, 3.63) is 41.2 Å². The Morgan fingerprint density at radius 1 is 1.42 bits per heavy atom. The second-order valence-corrected chi connectivity index (χ2v) is 6.56. The van der Waals surface area contributed by atoms with Gasteiger partial charge in [-0.3, -0.25) is 9.48 Å². The van der Waals surface area contributed by atoms with Crippen LogP contribution < -0.4 is 10.1 Å². The number of carbonyl (C=O) groups excluding carboxylic acids is 1. The number of benzene rings is 1. The zero-order valence-electron chi connectivity index (χ0n) is 14.5. The fourth-order valence-electron chi connectivity index (χ4n) is 3.10. The first kappa shape index (κ1) is 16.5. The molecule has 0 fully saturated rings. The van der Waals surface area contributed by atoms with Crippen LogP contribution in [0.1, 0.15) is 37.2 Å². The van der Waals surface area contributed by atoms with Crippen molar-refractivity contribution in [2.75, 3.05) is 0 Å². The van der Waals surface area contributed by atoms with Gasteiger partial charge in [0.15, 0.2) is 0 Å². The number of amides is 1. The molecule has 24 heavy (non-hydrogen) atoms. The number of aryl methyl sites for hydroxylation is 2. The SMILES string of the molecule is CC(C)Oc1ccccc1CC(=O)NC1CCc2nnn(C)c2C1. The van der Waals surface area contributed by atoms with E-state index in [4.69, 9.17) is 4.74 Å². The molecule has 1 aliphatic rings. The highest BCUT2D eigenvalue weighted by Crippen LogP contribution is 2.21. The third kappa shape index (κ3) is 3.75. The van der Waals surface area contributed by atoms with Gasteiger partial charge in [-0.25, -0.2) is 0 Å². The van der Waals surface area contributed by atoms with Crippen LogP contribution in [0.4, 0.5) is 0 Å². The van der Waals surface area contributed by atoms with Gasteiger partial charge in [0.1, 0.15) is 5.75 Å². The van der Waals surface area contributed by atoms with Crippen molar-refractivity contribution in [2.24, 2.45) is 7.05 Å². The summed E-state index contributed by atoms with van der Waals surface area (Å²) in [4.78, 5) is 12.4. The van der Waals surface area contributed by atoms with Crippen LogP contribution in [0.2, 0.25) is 0 Å². The maximum atomic E-state index is 12.4. The smallest absolute Gasteiger partial charge is 0.224 e. The molecule has 0 bridgehead atoms. The Morgan fingerprint density at radius 3 is 3.00 bits per heavy atom. The minimum Gasteiger partial charge on any atom is -0.491 e. The normalized spacial score (nSPS) is 16.8. The van der Waals surface area contributed by atoms with Crippen LogP contribution in [0.5, 0.6) is 5.75 Å². The van der Waals surface area contributed by atoms with Crippen LogP contribution in [0.3, 0.4) is 0 Å². The van der Waals surface area contributed by atoms with Crippen molar-refractivity contribution in [2.45, 2.75) is 51.7 Å². The van der Waals surface area contributed by atoms with Gasteiger partial charge >= 0.3 is 0 Å². The zero-order valence-corrected chi connectivity index (χ0v) is 14.5. The Hall–Kier alpha value is -2.37. The van der Waals surface area contributed by atoms with Crippen molar-refractivity contribution < 1.29 is 9.53 Å². The Morgan fingerprint density at radius 2 is 2.21 bits per heavy atom. The third-order valence-corrected chi connectivity index (χ3v) is 4.24. The van der Waals surface area contributed by atoms with Gasteiger partial charge < -0.3 is 10.1 Å². The van der Waals surface area contributed by atoms with Gasteiger partial charge in [-0.2, -0.15) is 0 Å². The molecule has 1 aromatic heterocycles. The van der Waals surface area contributed by atoms with Crippen LogP contribution in [0.25, 0.3) is 0 Å². The molecule has 2 aromatic rings. The van der Waals surface area contributed by atoms with E-state index in [2.05, 4.69) is 15.6 Å². The van der Waals surface area contributed by atoms with E-state index in [1.165, 1.54) is 0 Å². The van der Waals surface area contributed by atoms with Crippen LogP contribution in [-0.2, 0) is 31.1 Å². The molecule has 0 radical (unpaired) electrons. The minimum absolute atomic E-state index is 0.0263. The van der Waals surface area contributed by atoms with E-state index < -0.39 is 0 Å². The van der Waals surface area contributed by atoms with Crippen LogP contribution >= 0.6 is 0 Å². The first-order valence-electron chi connectivity index (χ1n) is 8.44. The molecule has 0 saturated carbocycles. The van der Waals surface area contributed by atoms with E-state index in [0.717, 1.165) is 42.0 Å². The molecule has 0 spiro atoms. The molecule has 6 heteroatoms. The predicted molar refractivity (Wildman–Crippen MR) is 90.9 cm³/mol. The first-order valence-corrected chi connectivity index (χ1v) is 8.44. The Bertz CT molecular complexity index is 724. The third-order valence-electron chi connectivity index (χ3n) is 4.24. The largest absolute Gasteiger partial charge is 0.491 e. The van der Waals surface area contributed by atoms with Crippen LogP contribution in [-0.4, -0.2) is 33.0 Å². The lowest BCUT2D eigenvalue weighted by atomic mass is 9.95. The number of carbonyl (C=O) groups is 1. The average Bonchev–Trinajstić information content (AvgIpc) is 2.90. The molecule has 3 rings (SSSR count). The minimum atomic E-state index is 0.0263. The highest BCUT2D eigenvalue weighted by molar-refractivity contribution is 5.79. The quantitative estimate of drug-likeness (QED) is 0.909. The van der Waals surface area contributed by atoms with E-state index in [1.807, 2.05) is 45.2 Å². The molecule has 1 N–H and O–H groups in total. The molecular formula is C18H24N4O2. The van der Waals surface area contributed by atoms with Crippen molar-refractivity contribution in [3.63, 3.8) is 0 Å². The van der Waals surface area contributed by atoms with Gasteiger partial charge in [-0.1, -0.05) is 23.4 Å². The van der Waals surface area contributed by atoms with Crippen molar-refractivity contribution in [1.82, 2.24) is 20.3 Å². The number of nitrogens with one attached hydrogen (secondary N) is 1. The summed E-state index contributed by atoms with van der Waals surface area (Å²) < 4.78 is 7.59. The molecule has 1 atom stereocenters. The molecule has 0 saturated heterocycles. The molecule has 1 aliphatic carbocycles. The van der Waals surface area contributed by atoms with Crippen LogP contribution in [0.15, 0.2) is 24.3 Å². The number of rotatable bonds is 5. The summed E-state index contributed by atoms with van der Waals surface area (Å²) in [6.45, 7) is 3.97. The standard InChI is InChI=1S/C18H24N4O2/c1-12(2)24-17-7-5-4-6-13(17)10-18(23)19-14-8-9-15-16(11-14)22(3)21-20-15/h4-7,12,14H,8-11H2,1-3H3,(H,19,23). The van der Waals surface area contributed by atoms with Crippen molar-refractivity contribution >= 4 is 5.91 Å². The van der Waals surface area contributed by atoms with Gasteiger partial charge in [0, 0.05) is 25.1 Å². The lowest BCUT2D eigenvalue weighted by molar-refractivity contribution is -0.121. The summed E-state index contributed by atoms with van der Waals surface area (Å²) in [5.41, 5.74) is 3.09. The monoisotopic (exact) mass is 328 g/mol. The van der Waals surface area contributed by atoms with Gasteiger partial charge in [-0.05, 0) is 32.8 Å². The Kier molecular flexibility index (Phi) is 4.83. The van der Waals surface area contributed by atoms with E-state index in [0.29, 0.717) is 6.42 Å². The van der Waals surface area contributed by atoms with Crippen LogP contribution in [0, 0.1) is 0 Å². The van der Waals surface area contributed by atoms with Crippen molar-refractivity contribution in [1.29, 1.82) is 0 Å². The Balaban J connectivity index is 1.62. The predicted octanol–water partition coefficient (Wildman–Crippen LogP) is 1.82. The molecule has 1 aromatic carbocycles. The topological polar surface area (TPSA) is 69.0 Å². The highest BCUT2D eigenvalue weighted by Gasteiger charge is 2.24. The summed E-state index contributed by atoms with van der Waals surface area (Å²) in [7, 11) is 1.90. The number of hydrogen-bond acceptors (Lipinski definition) is 4. The number of aromatic nitrogens is 3. The Labute approximate surface area is 142 Å². The van der Waals surface area contributed by atoms with E-state index in [1.54, 1.807) is 4.68 Å². The fraction of sp³-hybridized carbons (Fsp3) is 0.500. The molecule has 0 aliphatic heterocycles. The second-order valence-electron chi connectivity index (χ2n) is 6.56. The van der Waals surface area contributed by atoms with E-state index in [9.17, 15) is 4.79 Å². The van der Waals surface area contributed by atoms with Gasteiger partial charge in [0.25, 0.3) is 0 Å². The molecule has 1 amide bonds. The molecular weight excluding hydrogens is 304 g/mol. The summed E-state index contributed by atoms with van der Waals surface area (Å²) in [6.07, 6.45) is 2.97. The van der Waals surface area contributed by atoms with E-state index >= 15 is 0 Å². The summed E-state index contributed by atoms with van der Waals surface area (Å²) >= 11 is 0. The molecule has 128 valence electrons. The van der Waals surface area contributed by atoms with E-state index in [-0.39, 0.29) is 18.1 Å². The molecule has 6 nitrogen and oxygen atoms in total. The fourth-order valence-corrected chi connectivity index (χ4v) is 3.10. The van der Waals surface area contributed by atoms with Gasteiger partial charge in [-0.15, -0.1) is 5.10 Å². The number of ether oxygens (including phenoxy) is 1. The average molecular weight is 328 g/mol. The highest BCUT2D eigenvalue weighted by atomic mass is 16.5. The number of nitrogens with zero attached hydrogens (tertiary/aromatic N) is 3. The summed E-state index contributed by atoms with van der Waals surface area (Å²) in [5, 5.41) is 11.4. The summed E-state index contributed by atoms with van der Waals surface area (Å²) in [5.74, 6) is 0.808. The number of hydrogen-bond donors (Lipinski definition) is 1. The number of para-hydroxylation sites is 1. The zero-order chi connectivity index (χ0) is 17.1. The van der Waals surface area contributed by atoms with Gasteiger partial charge in [0.05, 0.1) is 23.9 Å². The second kappa shape index (κ2) is 7.03. The molecule has 1 unspecified atom stereocenters. The maximum Gasteiger partial charge on any atom is 0.224 e. The summed E-state index contributed by atoms with van der Waals surface area (Å²) in [6, 6.07) is 7.86. The lowest BCUT2D eigenvalue weighted by Gasteiger charge is -2.23. The van der Waals surface area contributed by atoms with Crippen molar-refractivity contribution in [3.8, 4) is 5.75 Å². The lowest BCUT2D eigenvalue weighted by Crippen LogP contribution is -2.40. The maximum absolute atomic E-state index is 12.4.